The van der Waals surface area contributed by atoms with Crippen LogP contribution in [0.2, 0.25) is 0 Å². The van der Waals surface area contributed by atoms with Gasteiger partial charge < -0.3 is 25.5 Å². The van der Waals surface area contributed by atoms with Gasteiger partial charge in [0.05, 0.1) is 0 Å². The van der Waals surface area contributed by atoms with Crippen molar-refractivity contribution in [2.24, 2.45) is 5.92 Å². The summed E-state index contributed by atoms with van der Waals surface area (Å²) in [5.41, 5.74) is 0.492. The molecule has 1 aromatic carbocycles. The third-order valence-electron chi connectivity index (χ3n) is 4.37. The molecule has 0 saturated heterocycles. The van der Waals surface area contributed by atoms with Gasteiger partial charge in [0.1, 0.15) is 5.34 Å². The first-order valence-electron chi connectivity index (χ1n) is 7.08. The van der Waals surface area contributed by atoms with Gasteiger partial charge in [-0.05, 0) is 24.3 Å². The van der Waals surface area contributed by atoms with E-state index in [1.807, 2.05) is 9.24 Å². The molecule has 0 radical (unpaired) electrons. The second-order valence-electron chi connectivity index (χ2n) is 5.88. The van der Waals surface area contributed by atoms with E-state index in [1.54, 1.807) is 30.3 Å². The highest BCUT2D eigenvalue weighted by Crippen LogP contribution is 2.48. The van der Waals surface area contributed by atoms with Crippen molar-refractivity contribution in [1.82, 2.24) is 0 Å². The van der Waals surface area contributed by atoms with Gasteiger partial charge in [0.25, 0.3) is 11.6 Å². The van der Waals surface area contributed by atoms with E-state index >= 15 is 0 Å². The highest BCUT2D eigenvalue weighted by molar-refractivity contribution is 7.18. The molecule has 1 aromatic rings. The quantitative estimate of drug-likeness (QED) is 0.356. The largest absolute Gasteiger partial charge is 0.380 e. The topological polar surface area (TPSA) is 118 Å². The molecule has 1 aliphatic rings. The van der Waals surface area contributed by atoms with Gasteiger partial charge >= 0.3 is 0 Å². The molecular weight excluding hydrogens is 307 g/mol. The van der Waals surface area contributed by atoms with Crippen LogP contribution in [0.25, 0.3) is 0 Å². The Morgan fingerprint density at radius 3 is 2.09 bits per heavy atom. The van der Waals surface area contributed by atoms with Crippen LogP contribution in [0.15, 0.2) is 30.3 Å². The summed E-state index contributed by atoms with van der Waals surface area (Å²) >= 11 is 0. The number of ketones is 1. The third-order valence-corrected chi connectivity index (χ3v) is 5.24. The van der Waals surface area contributed by atoms with Crippen LogP contribution in [0.4, 0.5) is 0 Å². The van der Waals surface area contributed by atoms with Crippen LogP contribution in [0.3, 0.4) is 0 Å². The Kier molecular flexibility index (Phi) is 4.74. The van der Waals surface area contributed by atoms with Gasteiger partial charge in [-0.15, -0.1) is 0 Å². The van der Waals surface area contributed by atoms with Gasteiger partial charge in [-0.2, -0.15) is 0 Å². The van der Waals surface area contributed by atoms with Crippen molar-refractivity contribution in [3.05, 3.63) is 35.9 Å². The van der Waals surface area contributed by atoms with Crippen molar-refractivity contribution < 1.29 is 30.3 Å². The smallest absolute Gasteiger partial charge is 0.283 e. The van der Waals surface area contributed by atoms with E-state index in [1.165, 1.54) is 0 Å². The molecular formula is C15H21O6P. The van der Waals surface area contributed by atoms with Crippen molar-refractivity contribution in [2.45, 2.75) is 42.6 Å². The van der Waals surface area contributed by atoms with Gasteiger partial charge in [0.15, 0.2) is 0 Å². The average Bonchev–Trinajstić information content (AvgIpc) is 2.36. The molecule has 0 amide bonds. The van der Waals surface area contributed by atoms with Crippen LogP contribution in [0.5, 0.6) is 0 Å². The summed E-state index contributed by atoms with van der Waals surface area (Å²) in [6.45, 7) is 0. The van der Waals surface area contributed by atoms with Gasteiger partial charge in [-0.25, -0.2) is 0 Å². The number of carbonyl (C=O) groups excluding carboxylic acids is 1. The Balaban J connectivity index is 2.21. The average molecular weight is 328 g/mol. The minimum Gasteiger partial charge on any atom is -0.380 e. The van der Waals surface area contributed by atoms with Crippen molar-refractivity contribution in [2.75, 3.05) is 0 Å². The van der Waals surface area contributed by atoms with E-state index in [0.717, 1.165) is 6.42 Å². The van der Waals surface area contributed by atoms with Crippen molar-refractivity contribution >= 4 is 15.0 Å². The molecule has 2 atom stereocenters. The molecule has 2 unspecified atom stereocenters. The number of Topliss-reactive ketones (excluding diaryl/α,β-unsaturated/α-hetero) is 1. The van der Waals surface area contributed by atoms with Crippen LogP contribution >= 0.6 is 9.24 Å². The molecule has 2 rings (SSSR count). The molecule has 0 aromatic heterocycles. The van der Waals surface area contributed by atoms with Crippen LogP contribution in [0, 0.1) is 5.92 Å². The summed E-state index contributed by atoms with van der Waals surface area (Å²) < 4.78 is 0. The van der Waals surface area contributed by atoms with Crippen LogP contribution < -0.4 is 0 Å². The Hall–Kier alpha value is -0.880. The summed E-state index contributed by atoms with van der Waals surface area (Å²) in [5.74, 6) is -8.64. The molecule has 6 nitrogen and oxygen atoms in total. The number of hydrogen-bond acceptors (Lipinski definition) is 6. The molecule has 1 aliphatic carbocycles. The van der Waals surface area contributed by atoms with Crippen molar-refractivity contribution in [3.63, 3.8) is 0 Å². The maximum atomic E-state index is 12.1. The van der Waals surface area contributed by atoms with Crippen LogP contribution in [0.1, 0.15) is 24.8 Å². The molecule has 0 heterocycles. The zero-order valence-electron chi connectivity index (χ0n) is 12.0. The number of hydrogen-bond donors (Lipinski definition) is 5. The first-order chi connectivity index (χ1) is 10.1. The number of benzene rings is 1. The highest BCUT2D eigenvalue weighted by atomic mass is 31.0. The van der Waals surface area contributed by atoms with Crippen molar-refractivity contribution in [1.29, 1.82) is 0 Å². The second-order valence-corrected chi connectivity index (χ2v) is 6.76. The van der Waals surface area contributed by atoms with Crippen LogP contribution in [-0.4, -0.2) is 48.2 Å². The van der Waals surface area contributed by atoms with E-state index in [9.17, 15) is 30.3 Å². The zero-order valence-corrected chi connectivity index (χ0v) is 13.2. The Bertz CT molecular complexity index is 536. The summed E-state index contributed by atoms with van der Waals surface area (Å²) in [6, 6.07) is 8.28. The van der Waals surface area contributed by atoms with E-state index < -0.39 is 35.0 Å². The summed E-state index contributed by atoms with van der Waals surface area (Å²) in [6.07, 6.45) is 1.40. The fraction of sp³-hybridized carbons (Fsp3) is 0.533. The lowest BCUT2D eigenvalue weighted by Gasteiger charge is -2.49. The van der Waals surface area contributed by atoms with E-state index in [2.05, 4.69) is 0 Å². The summed E-state index contributed by atoms with van der Waals surface area (Å²) in [4.78, 5) is 12.1. The predicted octanol–water partition coefficient (Wildman–Crippen LogP) is -0.476. The van der Waals surface area contributed by atoms with Gasteiger partial charge in [0, 0.05) is 6.42 Å². The number of aliphatic hydroxyl groups is 5. The zero-order chi connectivity index (χ0) is 16.6. The van der Waals surface area contributed by atoms with Gasteiger partial charge in [0.2, 0.25) is 5.78 Å². The molecule has 0 spiro atoms. The minimum atomic E-state index is -3.49. The second kappa shape index (κ2) is 5.96. The summed E-state index contributed by atoms with van der Waals surface area (Å²) in [7, 11) is 1.84. The molecule has 122 valence electrons. The normalized spacial score (nSPS) is 19.4. The lowest BCUT2D eigenvalue weighted by Crippen LogP contribution is -2.71. The Morgan fingerprint density at radius 1 is 1.09 bits per heavy atom. The molecule has 1 saturated carbocycles. The van der Waals surface area contributed by atoms with E-state index in [4.69, 9.17) is 0 Å². The molecule has 0 bridgehead atoms. The molecule has 22 heavy (non-hydrogen) atoms. The standard InChI is InChI=1S/C15H21O6P/c16-12(9-10-5-2-1-3-6-10)13(17,18)15(20,21)14(19,22)11-7-4-8-11/h1-3,5-6,11,17-21H,4,7-9,22H2. The fourth-order valence-corrected chi connectivity index (χ4v) is 3.05. The van der Waals surface area contributed by atoms with Gasteiger partial charge in [-0.1, -0.05) is 46.0 Å². The first-order valence-corrected chi connectivity index (χ1v) is 7.66. The summed E-state index contributed by atoms with van der Waals surface area (Å²) in [5, 5.41) is 48.3. The first kappa shape index (κ1) is 17.5. The lowest BCUT2D eigenvalue weighted by atomic mass is 9.75. The van der Waals surface area contributed by atoms with Crippen molar-refractivity contribution in [3.8, 4) is 0 Å². The molecule has 1 fully saturated rings. The fourth-order valence-electron chi connectivity index (χ4n) is 2.51. The minimum absolute atomic E-state index is 0.401. The van der Waals surface area contributed by atoms with E-state index in [0.29, 0.717) is 18.4 Å². The number of rotatable bonds is 6. The SMILES string of the molecule is O=C(Cc1ccccc1)C(O)(O)C(O)(O)C(O)(P)C1CCC1. The third kappa shape index (κ3) is 2.83. The van der Waals surface area contributed by atoms with E-state index in [-0.39, 0.29) is 0 Å². The Labute approximate surface area is 130 Å². The number of carbonyl (C=O) groups is 1. The monoisotopic (exact) mass is 328 g/mol. The predicted molar refractivity (Wildman–Crippen MR) is 81.5 cm³/mol. The Morgan fingerprint density at radius 2 is 1.64 bits per heavy atom. The highest BCUT2D eigenvalue weighted by Gasteiger charge is 2.65. The molecule has 5 N–H and O–H groups in total. The van der Waals surface area contributed by atoms with Gasteiger partial charge in [-0.3, -0.25) is 4.79 Å². The molecule has 7 heteroatoms. The van der Waals surface area contributed by atoms with Crippen LogP contribution in [-0.2, 0) is 11.2 Å². The maximum Gasteiger partial charge on any atom is 0.283 e. The lowest BCUT2D eigenvalue weighted by molar-refractivity contribution is -0.382. The maximum absolute atomic E-state index is 12.1. The molecule has 0 aliphatic heterocycles.